The van der Waals surface area contributed by atoms with Gasteiger partial charge in [-0.05, 0) is 44.9 Å². The van der Waals surface area contributed by atoms with Crippen molar-refractivity contribution >= 4 is 11.9 Å². The van der Waals surface area contributed by atoms with Crippen molar-refractivity contribution in [1.29, 1.82) is 0 Å². The number of aliphatic hydroxyl groups excluding tert-OH is 5. The summed E-state index contributed by atoms with van der Waals surface area (Å²) in [5.41, 5.74) is 0. The van der Waals surface area contributed by atoms with Crippen molar-refractivity contribution in [3.63, 3.8) is 0 Å². The molecule has 0 aromatic heterocycles. The summed E-state index contributed by atoms with van der Waals surface area (Å²) < 4.78 is 16.7. The molecule has 1 aliphatic heterocycles. The van der Waals surface area contributed by atoms with Crippen LogP contribution in [0.3, 0.4) is 0 Å². The number of carbonyl (C=O) groups excluding carboxylic acids is 2. The molecular weight excluding hydrogens is 919 g/mol. The van der Waals surface area contributed by atoms with Gasteiger partial charge in [0.1, 0.15) is 24.4 Å². The van der Waals surface area contributed by atoms with Gasteiger partial charge in [-0.3, -0.25) is 9.59 Å². The van der Waals surface area contributed by atoms with Crippen molar-refractivity contribution in [1.82, 2.24) is 5.32 Å². The van der Waals surface area contributed by atoms with Crippen molar-refractivity contribution in [3.05, 3.63) is 24.3 Å². The molecule has 7 atom stereocenters. The third kappa shape index (κ3) is 41.9. The van der Waals surface area contributed by atoms with Gasteiger partial charge in [0.25, 0.3) is 0 Å². The summed E-state index contributed by atoms with van der Waals surface area (Å²) in [7, 11) is 0. The average Bonchev–Trinajstić information content (AvgIpc) is 3.39. The second kappa shape index (κ2) is 52.2. The van der Waals surface area contributed by atoms with Crippen LogP contribution in [0.2, 0.25) is 0 Å². The Morgan fingerprint density at radius 3 is 1.36 bits per heavy atom. The Morgan fingerprint density at radius 2 is 0.890 bits per heavy atom. The predicted molar refractivity (Wildman–Crippen MR) is 301 cm³/mol. The molecular formula is C62H117NO10. The van der Waals surface area contributed by atoms with Crippen LogP contribution in [0.25, 0.3) is 0 Å². The molecule has 1 amide bonds. The monoisotopic (exact) mass is 1040 g/mol. The molecule has 0 aromatic carbocycles. The van der Waals surface area contributed by atoms with E-state index in [4.69, 9.17) is 14.2 Å². The van der Waals surface area contributed by atoms with E-state index in [1.165, 1.54) is 212 Å². The smallest absolute Gasteiger partial charge is 0.305 e. The minimum absolute atomic E-state index is 0.00206. The highest BCUT2D eigenvalue weighted by Crippen LogP contribution is 2.23. The number of nitrogens with one attached hydrogen (secondary N) is 1. The maximum atomic E-state index is 13.0. The van der Waals surface area contributed by atoms with Crippen LogP contribution in [-0.4, -0.2) is 100 Å². The first-order valence-corrected chi connectivity index (χ1v) is 31.1. The van der Waals surface area contributed by atoms with Gasteiger partial charge in [-0.2, -0.15) is 0 Å². The molecule has 1 saturated heterocycles. The quantitative estimate of drug-likeness (QED) is 0.0195. The van der Waals surface area contributed by atoms with Gasteiger partial charge in [-0.25, -0.2) is 0 Å². The zero-order valence-electron chi connectivity index (χ0n) is 47.4. The van der Waals surface area contributed by atoms with Crippen LogP contribution in [0.1, 0.15) is 296 Å². The lowest BCUT2D eigenvalue weighted by Crippen LogP contribution is -2.60. The van der Waals surface area contributed by atoms with Crippen LogP contribution in [0, 0.1) is 0 Å². The highest BCUT2D eigenvalue weighted by atomic mass is 16.7. The van der Waals surface area contributed by atoms with Crippen molar-refractivity contribution < 1.29 is 49.3 Å². The molecule has 6 N–H and O–H groups in total. The fourth-order valence-electron chi connectivity index (χ4n) is 9.86. The molecule has 1 heterocycles. The Bertz CT molecular complexity index is 1260. The SMILES string of the molecule is CCCCCCC/C=C/CC/C=C/C(O)C(COC1OC(CO)C(O)C(O)C1O)NC(=O)CCCCCCCCCCCCCCCCCCCCCCCCCOC(=O)CCCCCCCCCCCCC. The summed E-state index contributed by atoms with van der Waals surface area (Å²) >= 11 is 0. The molecule has 0 aliphatic carbocycles. The first-order chi connectivity index (χ1) is 35.7. The first kappa shape index (κ1) is 69.2. The Balaban J connectivity index is 2.02. The molecule has 0 radical (unpaired) electrons. The second-order valence-corrected chi connectivity index (χ2v) is 21.8. The first-order valence-electron chi connectivity index (χ1n) is 31.1. The van der Waals surface area contributed by atoms with Gasteiger partial charge >= 0.3 is 5.97 Å². The molecule has 1 fully saturated rings. The lowest BCUT2D eigenvalue weighted by Gasteiger charge is -2.40. The Labute approximate surface area is 448 Å². The number of ether oxygens (including phenoxy) is 3. The zero-order chi connectivity index (χ0) is 53.1. The number of esters is 1. The van der Waals surface area contributed by atoms with E-state index in [-0.39, 0.29) is 18.5 Å². The number of rotatable bonds is 54. The van der Waals surface area contributed by atoms with Crippen molar-refractivity contribution in [2.45, 2.75) is 339 Å². The molecule has 1 aliphatic rings. The van der Waals surface area contributed by atoms with E-state index < -0.39 is 49.5 Å². The van der Waals surface area contributed by atoms with E-state index in [9.17, 15) is 35.1 Å². The molecule has 11 heteroatoms. The molecule has 430 valence electrons. The molecule has 0 saturated carbocycles. The van der Waals surface area contributed by atoms with Gasteiger partial charge in [0, 0.05) is 12.8 Å². The highest BCUT2D eigenvalue weighted by molar-refractivity contribution is 5.76. The summed E-state index contributed by atoms with van der Waals surface area (Å²) in [5.74, 6) is -0.190. The maximum Gasteiger partial charge on any atom is 0.305 e. The number of hydrogen-bond acceptors (Lipinski definition) is 10. The van der Waals surface area contributed by atoms with Crippen LogP contribution in [0.4, 0.5) is 0 Å². The van der Waals surface area contributed by atoms with E-state index in [1.807, 2.05) is 6.08 Å². The van der Waals surface area contributed by atoms with Gasteiger partial charge in [0.15, 0.2) is 6.29 Å². The summed E-state index contributed by atoms with van der Waals surface area (Å²) in [6.45, 7) is 4.31. The lowest BCUT2D eigenvalue weighted by molar-refractivity contribution is -0.302. The zero-order valence-corrected chi connectivity index (χ0v) is 47.4. The van der Waals surface area contributed by atoms with E-state index in [0.29, 0.717) is 19.4 Å². The van der Waals surface area contributed by atoms with Gasteiger partial charge in [0.05, 0.1) is 32.0 Å². The molecule has 0 spiro atoms. The molecule has 11 nitrogen and oxygen atoms in total. The molecule has 73 heavy (non-hydrogen) atoms. The lowest BCUT2D eigenvalue weighted by atomic mass is 9.99. The number of carbonyl (C=O) groups is 2. The standard InChI is InChI=1S/C62H117NO10/c1-3-5-7-9-11-13-28-32-36-40-44-48-55(65)54(53-72-62-61(70)60(69)59(68)56(52-64)73-62)63-57(66)49-45-41-37-33-30-26-24-22-20-18-16-15-17-19-21-23-25-27-31-35-39-43-47-51-71-58(67)50-46-42-38-34-29-14-12-10-8-6-4-2/h28,32,44,48,54-56,59-62,64-65,68-70H,3-27,29-31,33-43,45-47,49-53H2,1-2H3,(H,63,66)/b32-28+,48-44+. The van der Waals surface area contributed by atoms with Crippen LogP contribution >= 0.6 is 0 Å². The van der Waals surface area contributed by atoms with E-state index >= 15 is 0 Å². The summed E-state index contributed by atoms with van der Waals surface area (Å²) in [4.78, 5) is 25.0. The fourth-order valence-corrected chi connectivity index (χ4v) is 9.86. The third-order valence-corrected chi connectivity index (χ3v) is 14.8. The van der Waals surface area contributed by atoms with Gasteiger partial charge in [-0.1, -0.05) is 263 Å². The number of unbranched alkanes of at least 4 members (excludes halogenated alkanes) is 38. The molecule has 0 bridgehead atoms. The Morgan fingerprint density at radius 1 is 0.493 bits per heavy atom. The Kier molecular flexibility index (Phi) is 49.5. The number of amides is 1. The van der Waals surface area contributed by atoms with E-state index in [0.717, 1.165) is 57.8 Å². The van der Waals surface area contributed by atoms with Gasteiger partial charge < -0.3 is 45.1 Å². The summed E-state index contributed by atoms with van der Waals surface area (Å²) in [6, 6.07) is -0.826. The molecule has 1 rings (SSSR count). The number of aliphatic hydroxyl groups is 5. The Hall–Kier alpha value is -1.86. The van der Waals surface area contributed by atoms with Crippen LogP contribution in [-0.2, 0) is 23.8 Å². The van der Waals surface area contributed by atoms with Crippen molar-refractivity contribution in [2.75, 3.05) is 19.8 Å². The fraction of sp³-hybridized carbons (Fsp3) is 0.903. The predicted octanol–water partition coefficient (Wildman–Crippen LogP) is 14.5. The minimum Gasteiger partial charge on any atom is -0.466 e. The van der Waals surface area contributed by atoms with E-state index in [1.54, 1.807) is 6.08 Å². The topological polar surface area (TPSA) is 175 Å². The normalized spacial score (nSPS) is 19.0. The maximum absolute atomic E-state index is 13.0. The largest absolute Gasteiger partial charge is 0.466 e. The third-order valence-electron chi connectivity index (χ3n) is 14.8. The van der Waals surface area contributed by atoms with E-state index in [2.05, 4.69) is 31.3 Å². The summed E-state index contributed by atoms with van der Waals surface area (Å²) in [6.07, 6.45) is 52.9. The van der Waals surface area contributed by atoms with Gasteiger partial charge in [0.2, 0.25) is 5.91 Å². The van der Waals surface area contributed by atoms with Crippen LogP contribution < -0.4 is 5.32 Å². The van der Waals surface area contributed by atoms with Crippen LogP contribution in [0.5, 0.6) is 0 Å². The highest BCUT2D eigenvalue weighted by Gasteiger charge is 2.44. The van der Waals surface area contributed by atoms with Crippen molar-refractivity contribution in [2.24, 2.45) is 0 Å². The average molecular weight is 1040 g/mol. The number of allylic oxidation sites excluding steroid dienone is 3. The molecule has 7 unspecified atom stereocenters. The van der Waals surface area contributed by atoms with Crippen LogP contribution in [0.15, 0.2) is 24.3 Å². The second-order valence-electron chi connectivity index (χ2n) is 21.8. The minimum atomic E-state index is -1.58. The molecule has 0 aromatic rings. The summed E-state index contributed by atoms with van der Waals surface area (Å²) in [5, 5.41) is 54.3. The number of hydrogen-bond donors (Lipinski definition) is 6. The van der Waals surface area contributed by atoms with Crippen molar-refractivity contribution in [3.8, 4) is 0 Å². The van der Waals surface area contributed by atoms with Gasteiger partial charge in [-0.15, -0.1) is 0 Å².